The topological polar surface area (TPSA) is 63.0 Å². The van der Waals surface area contributed by atoms with Crippen molar-refractivity contribution in [3.05, 3.63) is 43.0 Å². The molecule has 7 nitrogen and oxygen atoms in total. The molecule has 148 valence electrons. The fraction of sp³-hybridized carbons (Fsp3) is 0.300. The van der Waals surface area contributed by atoms with Crippen LogP contribution in [0.3, 0.4) is 0 Å². The lowest BCUT2D eigenvalue weighted by Crippen LogP contribution is -2.46. The van der Waals surface area contributed by atoms with Gasteiger partial charge < -0.3 is 9.80 Å². The highest BCUT2D eigenvalue weighted by Crippen LogP contribution is 2.34. The molecular weight excluding hydrogens is 402 g/mol. The number of nitrogens with zero attached hydrogens (tertiary/aromatic N) is 7. The largest absolute Gasteiger partial charge is 0.352 e. The van der Waals surface area contributed by atoms with E-state index >= 15 is 0 Å². The molecule has 0 unspecified atom stereocenters. The Labute approximate surface area is 177 Å². The Morgan fingerprint density at radius 1 is 1.00 bits per heavy atom. The Bertz CT molecular complexity index is 1140. The Balaban J connectivity index is 1.32. The molecule has 0 N–H and O–H groups in total. The second-order valence-electron chi connectivity index (χ2n) is 6.94. The molecule has 9 heteroatoms. The van der Waals surface area contributed by atoms with E-state index in [1.165, 1.54) is 9.60 Å². The lowest BCUT2D eigenvalue weighted by Gasteiger charge is -2.35. The van der Waals surface area contributed by atoms with Crippen LogP contribution >= 0.6 is 23.1 Å². The van der Waals surface area contributed by atoms with Crippen molar-refractivity contribution in [3.63, 3.8) is 0 Å². The molecule has 0 spiro atoms. The molecule has 1 fully saturated rings. The van der Waals surface area contributed by atoms with Gasteiger partial charge >= 0.3 is 0 Å². The molecule has 0 radical (unpaired) electrons. The molecule has 1 aliphatic heterocycles. The first-order chi connectivity index (χ1) is 14.2. The standard InChI is InChI=1S/C20H21N7S2/c1-25-13-14(10-22-25)15-11-21-12-18(23-15)26-6-8-27(9-7-26)20-24-19-16(28-2)4-3-5-17(19)29-20/h3-5,10-13H,6-9H2,1-2H3. The minimum Gasteiger partial charge on any atom is -0.352 e. The number of para-hydroxylation sites is 1. The van der Waals surface area contributed by atoms with Gasteiger partial charge in [0, 0.05) is 49.9 Å². The van der Waals surface area contributed by atoms with Crippen molar-refractivity contribution < 1.29 is 0 Å². The summed E-state index contributed by atoms with van der Waals surface area (Å²) < 4.78 is 3.03. The minimum atomic E-state index is 0.855. The van der Waals surface area contributed by atoms with Crippen LogP contribution in [-0.4, -0.2) is 57.2 Å². The van der Waals surface area contributed by atoms with E-state index in [4.69, 9.17) is 9.97 Å². The van der Waals surface area contributed by atoms with Crippen molar-refractivity contribution in [2.24, 2.45) is 7.05 Å². The number of rotatable bonds is 4. The van der Waals surface area contributed by atoms with E-state index in [0.717, 1.165) is 53.9 Å². The summed E-state index contributed by atoms with van der Waals surface area (Å²) in [4.78, 5) is 20.1. The summed E-state index contributed by atoms with van der Waals surface area (Å²) in [6, 6.07) is 6.41. The van der Waals surface area contributed by atoms with Gasteiger partial charge in [-0.1, -0.05) is 17.4 Å². The van der Waals surface area contributed by atoms with Gasteiger partial charge in [0.2, 0.25) is 0 Å². The number of thioether (sulfide) groups is 1. The van der Waals surface area contributed by atoms with Crippen LogP contribution < -0.4 is 9.80 Å². The van der Waals surface area contributed by atoms with E-state index in [0.29, 0.717) is 0 Å². The summed E-state index contributed by atoms with van der Waals surface area (Å²) in [5.74, 6) is 0.917. The summed E-state index contributed by atoms with van der Waals surface area (Å²) in [6.45, 7) is 3.65. The molecule has 4 heterocycles. The number of piperazine rings is 1. The molecule has 1 aromatic carbocycles. The molecule has 0 bridgehead atoms. The number of hydrogen-bond acceptors (Lipinski definition) is 8. The Morgan fingerprint density at radius 3 is 2.59 bits per heavy atom. The van der Waals surface area contributed by atoms with Crippen LogP contribution in [0.4, 0.5) is 10.9 Å². The van der Waals surface area contributed by atoms with Crippen LogP contribution in [0.2, 0.25) is 0 Å². The maximum atomic E-state index is 4.93. The maximum Gasteiger partial charge on any atom is 0.186 e. The quantitative estimate of drug-likeness (QED) is 0.465. The highest BCUT2D eigenvalue weighted by atomic mass is 32.2. The Hall–Kier alpha value is -2.65. The van der Waals surface area contributed by atoms with Crippen LogP contribution in [0.25, 0.3) is 21.5 Å². The predicted molar refractivity (Wildman–Crippen MR) is 120 cm³/mol. The molecule has 5 rings (SSSR count). The molecule has 1 saturated heterocycles. The number of hydrogen-bond donors (Lipinski definition) is 0. The van der Waals surface area contributed by atoms with Crippen molar-refractivity contribution in [1.29, 1.82) is 0 Å². The number of aryl methyl sites for hydroxylation is 1. The zero-order chi connectivity index (χ0) is 19.8. The van der Waals surface area contributed by atoms with E-state index in [1.54, 1.807) is 34.0 Å². The van der Waals surface area contributed by atoms with Gasteiger partial charge in [-0.15, -0.1) is 11.8 Å². The fourth-order valence-electron chi connectivity index (χ4n) is 3.54. The molecule has 0 atom stereocenters. The van der Waals surface area contributed by atoms with Crippen LogP contribution in [0.1, 0.15) is 0 Å². The lowest BCUT2D eigenvalue weighted by atomic mass is 10.2. The van der Waals surface area contributed by atoms with Crippen molar-refractivity contribution in [2.75, 3.05) is 42.2 Å². The maximum absolute atomic E-state index is 4.93. The monoisotopic (exact) mass is 423 g/mol. The van der Waals surface area contributed by atoms with Crippen LogP contribution in [0, 0.1) is 0 Å². The first-order valence-corrected chi connectivity index (χ1v) is 11.5. The summed E-state index contributed by atoms with van der Waals surface area (Å²) >= 11 is 3.53. The summed E-state index contributed by atoms with van der Waals surface area (Å²) in [6.07, 6.45) is 9.52. The van der Waals surface area contributed by atoms with Gasteiger partial charge in [-0.05, 0) is 18.4 Å². The molecule has 3 aromatic heterocycles. The molecule has 1 aliphatic rings. The number of thiazole rings is 1. The van der Waals surface area contributed by atoms with E-state index < -0.39 is 0 Å². The molecule has 4 aromatic rings. The second kappa shape index (κ2) is 7.64. The van der Waals surface area contributed by atoms with E-state index in [-0.39, 0.29) is 0 Å². The molecule has 0 saturated carbocycles. The van der Waals surface area contributed by atoms with Gasteiger partial charge in [-0.2, -0.15) is 5.10 Å². The van der Waals surface area contributed by atoms with E-state index in [2.05, 4.69) is 44.3 Å². The smallest absolute Gasteiger partial charge is 0.186 e. The Morgan fingerprint density at radius 2 is 1.83 bits per heavy atom. The van der Waals surface area contributed by atoms with Gasteiger partial charge in [0.25, 0.3) is 0 Å². The number of aromatic nitrogens is 5. The van der Waals surface area contributed by atoms with Gasteiger partial charge in [0.15, 0.2) is 5.13 Å². The lowest BCUT2D eigenvalue weighted by molar-refractivity contribution is 0.645. The second-order valence-corrected chi connectivity index (χ2v) is 8.80. The third-order valence-electron chi connectivity index (χ3n) is 5.09. The van der Waals surface area contributed by atoms with Crippen molar-refractivity contribution in [2.45, 2.75) is 4.90 Å². The van der Waals surface area contributed by atoms with Crippen molar-refractivity contribution >= 4 is 44.3 Å². The van der Waals surface area contributed by atoms with E-state index in [9.17, 15) is 0 Å². The van der Waals surface area contributed by atoms with Gasteiger partial charge in [0.05, 0.1) is 34.5 Å². The summed E-state index contributed by atoms with van der Waals surface area (Å²) in [7, 11) is 1.91. The fourth-order valence-corrected chi connectivity index (χ4v) is 5.21. The van der Waals surface area contributed by atoms with Gasteiger partial charge in [-0.3, -0.25) is 9.67 Å². The first kappa shape index (κ1) is 18.4. The third-order valence-corrected chi connectivity index (χ3v) is 6.94. The summed E-state index contributed by atoms with van der Waals surface area (Å²) in [5.41, 5.74) is 2.96. The van der Waals surface area contributed by atoms with Crippen LogP contribution in [0.15, 0.2) is 47.9 Å². The average Bonchev–Trinajstić information content (AvgIpc) is 3.40. The van der Waals surface area contributed by atoms with Crippen molar-refractivity contribution in [1.82, 2.24) is 24.7 Å². The third kappa shape index (κ3) is 3.56. The van der Waals surface area contributed by atoms with Crippen LogP contribution in [0.5, 0.6) is 0 Å². The molecule has 0 aliphatic carbocycles. The minimum absolute atomic E-state index is 0.855. The van der Waals surface area contributed by atoms with Crippen LogP contribution in [-0.2, 0) is 7.05 Å². The number of benzene rings is 1. The highest BCUT2D eigenvalue weighted by Gasteiger charge is 2.22. The average molecular weight is 424 g/mol. The first-order valence-electron chi connectivity index (χ1n) is 9.46. The zero-order valence-electron chi connectivity index (χ0n) is 16.3. The van der Waals surface area contributed by atoms with Gasteiger partial charge in [-0.25, -0.2) is 9.97 Å². The van der Waals surface area contributed by atoms with E-state index in [1.807, 2.05) is 25.6 Å². The predicted octanol–water partition coefficient (Wildman–Crippen LogP) is 3.54. The Kier molecular flexibility index (Phi) is 4.84. The summed E-state index contributed by atoms with van der Waals surface area (Å²) in [5, 5.41) is 5.34. The van der Waals surface area contributed by atoms with Gasteiger partial charge in [0.1, 0.15) is 5.82 Å². The molecular formula is C20H21N7S2. The normalized spacial score (nSPS) is 14.7. The van der Waals surface area contributed by atoms with Crippen molar-refractivity contribution in [3.8, 4) is 11.3 Å². The highest BCUT2D eigenvalue weighted by molar-refractivity contribution is 7.98. The molecule has 29 heavy (non-hydrogen) atoms. The number of fused-ring (bicyclic) bond motifs is 1. The SMILES string of the molecule is CSc1cccc2sc(N3CCN(c4cncc(-c5cnn(C)c5)n4)CC3)nc12. The number of anilines is 2. The zero-order valence-corrected chi connectivity index (χ0v) is 17.9. The molecule has 0 amide bonds.